The van der Waals surface area contributed by atoms with E-state index >= 15 is 0 Å². The molecule has 1 aliphatic carbocycles. The van der Waals surface area contributed by atoms with Gasteiger partial charge in [0.25, 0.3) is 0 Å². The van der Waals surface area contributed by atoms with E-state index in [0.29, 0.717) is 0 Å². The number of likely N-dealkylation sites (tertiary alicyclic amines) is 1. The number of rotatable bonds is 5. The molecule has 0 unspecified atom stereocenters. The lowest BCUT2D eigenvalue weighted by Gasteiger charge is -2.31. The smallest absolute Gasteiger partial charge is 0.177 e. The molecule has 0 bridgehead atoms. The van der Waals surface area contributed by atoms with Crippen LogP contribution in [0.5, 0.6) is 0 Å². The molecule has 144 valence electrons. The molecule has 1 saturated heterocycles. The number of hydrogen-bond donors (Lipinski definition) is 2. The molecule has 2 aliphatic rings. The molecule has 0 amide bonds. The standard InChI is InChI=1S/C23H27N5/c1-2-6-17(7-3-1)14-18-10-12-28(13-11-18)16-22-25-23(27-26-22)21-15-19-8-4-5-9-20(19)24-21/h2,4-9,15,18,24H,1,3,10-14,16H2,(H,25,26,27). The summed E-state index contributed by atoms with van der Waals surface area (Å²) in [6, 6.07) is 10.4. The Morgan fingerprint density at radius 2 is 1.93 bits per heavy atom. The van der Waals surface area contributed by atoms with E-state index in [-0.39, 0.29) is 0 Å². The van der Waals surface area contributed by atoms with Gasteiger partial charge >= 0.3 is 0 Å². The first-order valence-electron chi connectivity index (χ1n) is 10.4. The van der Waals surface area contributed by atoms with Crippen molar-refractivity contribution in [3.05, 3.63) is 60.0 Å². The highest BCUT2D eigenvalue weighted by Gasteiger charge is 2.21. The largest absolute Gasteiger partial charge is 0.352 e. The van der Waals surface area contributed by atoms with Gasteiger partial charge < -0.3 is 9.97 Å². The van der Waals surface area contributed by atoms with Crippen molar-refractivity contribution in [1.82, 2.24) is 25.1 Å². The molecule has 0 spiro atoms. The van der Waals surface area contributed by atoms with Crippen LogP contribution in [0.3, 0.4) is 0 Å². The molecule has 0 atom stereocenters. The van der Waals surface area contributed by atoms with Gasteiger partial charge in [-0.15, -0.1) is 10.2 Å². The summed E-state index contributed by atoms with van der Waals surface area (Å²) in [6.45, 7) is 3.14. The topological polar surface area (TPSA) is 60.6 Å². The summed E-state index contributed by atoms with van der Waals surface area (Å²) in [5.41, 5.74) is 3.66. The van der Waals surface area contributed by atoms with E-state index in [0.717, 1.165) is 48.4 Å². The highest BCUT2D eigenvalue weighted by atomic mass is 15.3. The van der Waals surface area contributed by atoms with Crippen molar-refractivity contribution in [1.29, 1.82) is 0 Å². The molecule has 0 saturated carbocycles. The van der Waals surface area contributed by atoms with Crippen LogP contribution in [0.4, 0.5) is 0 Å². The molecule has 28 heavy (non-hydrogen) atoms. The summed E-state index contributed by atoms with van der Waals surface area (Å²) in [7, 11) is 0. The number of para-hydroxylation sites is 1. The van der Waals surface area contributed by atoms with E-state index in [1.807, 2.05) is 6.07 Å². The molecule has 2 N–H and O–H groups in total. The predicted octanol–water partition coefficient (Wildman–Crippen LogP) is 4.83. The van der Waals surface area contributed by atoms with Gasteiger partial charge in [-0.1, -0.05) is 42.0 Å². The molecule has 1 aromatic carbocycles. The number of piperidine rings is 1. The number of hydrogen-bond acceptors (Lipinski definition) is 3. The van der Waals surface area contributed by atoms with Crippen molar-refractivity contribution in [2.45, 2.75) is 38.6 Å². The van der Waals surface area contributed by atoms with Gasteiger partial charge in [-0.2, -0.15) is 0 Å². The average Bonchev–Trinajstić information content (AvgIpc) is 3.37. The van der Waals surface area contributed by atoms with Crippen LogP contribution in [0.25, 0.3) is 22.4 Å². The van der Waals surface area contributed by atoms with Crippen LogP contribution in [-0.2, 0) is 6.54 Å². The van der Waals surface area contributed by atoms with E-state index in [2.05, 4.69) is 67.6 Å². The van der Waals surface area contributed by atoms with Crippen molar-refractivity contribution in [2.75, 3.05) is 13.1 Å². The van der Waals surface area contributed by atoms with Crippen LogP contribution in [0.15, 0.2) is 54.1 Å². The quantitative estimate of drug-likeness (QED) is 0.673. The number of aromatic nitrogens is 4. The van der Waals surface area contributed by atoms with E-state index in [1.54, 1.807) is 5.57 Å². The zero-order valence-electron chi connectivity index (χ0n) is 16.2. The molecular weight excluding hydrogens is 346 g/mol. The van der Waals surface area contributed by atoms with Gasteiger partial charge in [-0.05, 0) is 63.2 Å². The number of benzene rings is 1. The van der Waals surface area contributed by atoms with Crippen LogP contribution in [0.2, 0.25) is 0 Å². The van der Waals surface area contributed by atoms with Crippen LogP contribution < -0.4 is 0 Å². The van der Waals surface area contributed by atoms with Crippen molar-refractivity contribution < 1.29 is 0 Å². The van der Waals surface area contributed by atoms with Crippen molar-refractivity contribution >= 4 is 10.9 Å². The molecule has 0 radical (unpaired) electrons. The Hall–Kier alpha value is -2.66. The predicted molar refractivity (Wildman–Crippen MR) is 113 cm³/mol. The van der Waals surface area contributed by atoms with Crippen molar-refractivity contribution in [3.8, 4) is 11.5 Å². The fraction of sp³-hybridized carbons (Fsp3) is 0.391. The van der Waals surface area contributed by atoms with Crippen LogP contribution >= 0.6 is 0 Å². The van der Waals surface area contributed by atoms with Gasteiger partial charge in [0.05, 0.1) is 12.2 Å². The Bertz CT molecular complexity index is 968. The van der Waals surface area contributed by atoms with E-state index in [1.165, 1.54) is 37.5 Å². The third-order valence-corrected chi connectivity index (χ3v) is 6.00. The molecule has 5 heteroatoms. The van der Waals surface area contributed by atoms with Crippen LogP contribution in [0.1, 0.15) is 37.9 Å². The molecule has 5 rings (SSSR count). The van der Waals surface area contributed by atoms with Crippen LogP contribution in [0, 0.1) is 5.92 Å². The zero-order chi connectivity index (χ0) is 18.8. The van der Waals surface area contributed by atoms with Crippen LogP contribution in [-0.4, -0.2) is 38.2 Å². The molecule has 3 aromatic rings. The summed E-state index contributed by atoms with van der Waals surface area (Å²) >= 11 is 0. The second-order valence-electron chi connectivity index (χ2n) is 8.07. The SMILES string of the molecule is C1=CC(CC2CCN(Cc3nnc(-c4cc5ccccc5[nH]4)[nH]3)CC2)=CCC1. The van der Waals surface area contributed by atoms with Crippen molar-refractivity contribution in [2.24, 2.45) is 5.92 Å². The first-order chi connectivity index (χ1) is 13.8. The monoisotopic (exact) mass is 373 g/mol. The minimum Gasteiger partial charge on any atom is -0.352 e. The molecule has 1 fully saturated rings. The Balaban J connectivity index is 1.17. The third-order valence-electron chi connectivity index (χ3n) is 6.00. The number of fused-ring (bicyclic) bond motifs is 1. The highest BCUT2D eigenvalue weighted by Crippen LogP contribution is 2.27. The fourth-order valence-corrected chi connectivity index (χ4v) is 4.40. The lowest BCUT2D eigenvalue weighted by Crippen LogP contribution is -2.33. The summed E-state index contributed by atoms with van der Waals surface area (Å²) in [6.07, 6.45) is 13.3. The first kappa shape index (κ1) is 17.4. The van der Waals surface area contributed by atoms with Crippen molar-refractivity contribution in [3.63, 3.8) is 0 Å². The lowest BCUT2D eigenvalue weighted by molar-refractivity contribution is 0.174. The minimum atomic E-state index is 0.817. The van der Waals surface area contributed by atoms with Gasteiger partial charge in [-0.3, -0.25) is 4.90 Å². The summed E-state index contributed by atoms with van der Waals surface area (Å²) in [4.78, 5) is 9.31. The number of allylic oxidation sites excluding steroid dienone is 4. The average molecular weight is 374 g/mol. The van der Waals surface area contributed by atoms with E-state index < -0.39 is 0 Å². The molecule has 1 aliphatic heterocycles. The van der Waals surface area contributed by atoms with Gasteiger partial charge in [0, 0.05) is 10.9 Å². The summed E-state index contributed by atoms with van der Waals surface area (Å²) in [5.74, 6) is 2.59. The third kappa shape index (κ3) is 3.80. The van der Waals surface area contributed by atoms with Gasteiger partial charge in [0.1, 0.15) is 5.82 Å². The Labute approximate surface area is 165 Å². The second kappa shape index (κ2) is 7.76. The Morgan fingerprint density at radius 1 is 1.04 bits per heavy atom. The van der Waals surface area contributed by atoms with E-state index in [4.69, 9.17) is 0 Å². The number of nitrogens with zero attached hydrogens (tertiary/aromatic N) is 3. The van der Waals surface area contributed by atoms with E-state index in [9.17, 15) is 0 Å². The molecular formula is C23H27N5. The number of aromatic amines is 2. The maximum Gasteiger partial charge on any atom is 0.177 e. The Kier molecular flexibility index (Phi) is 4.83. The molecule has 5 nitrogen and oxygen atoms in total. The van der Waals surface area contributed by atoms with Gasteiger partial charge in [0.2, 0.25) is 0 Å². The number of nitrogens with one attached hydrogen (secondary N) is 2. The summed E-state index contributed by atoms with van der Waals surface area (Å²) in [5, 5.41) is 9.94. The fourth-order valence-electron chi connectivity index (χ4n) is 4.40. The maximum absolute atomic E-state index is 4.38. The maximum atomic E-state index is 4.38. The second-order valence-corrected chi connectivity index (χ2v) is 8.07. The molecule has 2 aromatic heterocycles. The lowest BCUT2D eigenvalue weighted by atomic mass is 9.88. The molecule has 3 heterocycles. The first-order valence-corrected chi connectivity index (χ1v) is 10.4. The summed E-state index contributed by atoms with van der Waals surface area (Å²) < 4.78 is 0. The zero-order valence-corrected chi connectivity index (χ0v) is 16.2. The Morgan fingerprint density at radius 3 is 2.75 bits per heavy atom. The highest BCUT2D eigenvalue weighted by molar-refractivity contribution is 5.84. The minimum absolute atomic E-state index is 0.817. The van der Waals surface area contributed by atoms with Gasteiger partial charge in [0.15, 0.2) is 5.82 Å². The van der Waals surface area contributed by atoms with Gasteiger partial charge in [-0.25, -0.2) is 0 Å². The normalized spacial score (nSPS) is 18.6. The number of H-pyrrole nitrogens is 2.